The number of carbonyl (C=O) groups is 1. The monoisotopic (exact) mass is 595 g/mol. The van der Waals surface area contributed by atoms with Gasteiger partial charge in [-0.1, -0.05) is 24.3 Å². The van der Waals surface area contributed by atoms with Crippen molar-refractivity contribution in [2.45, 2.75) is 30.1 Å². The van der Waals surface area contributed by atoms with Crippen molar-refractivity contribution in [2.75, 3.05) is 12.9 Å². The second-order valence-electron chi connectivity index (χ2n) is 10.2. The summed E-state index contributed by atoms with van der Waals surface area (Å²) in [7, 11) is -3.93. The molecule has 0 aliphatic carbocycles. The minimum Gasteiger partial charge on any atom is -0.481 e. The first-order valence-corrected chi connectivity index (χ1v) is 14.7. The van der Waals surface area contributed by atoms with Crippen LogP contribution in [0.5, 0.6) is 11.5 Å². The molecule has 1 unspecified atom stereocenters. The van der Waals surface area contributed by atoms with Crippen LogP contribution in [0, 0.1) is 11.6 Å². The Labute approximate surface area is 239 Å². The molecule has 0 aliphatic heterocycles. The maximum atomic E-state index is 15.1. The van der Waals surface area contributed by atoms with Gasteiger partial charge >= 0.3 is 5.97 Å². The minimum atomic E-state index is -3.93. The molecule has 0 spiro atoms. The zero-order chi connectivity index (χ0) is 30.2. The van der Waals surface area contributed by atoms with Crippen molar-refractivity contribution in [3.05, 3.63) is 95.4 Å². The number of nitrogens with one attached hydrogen (secondary N) is 2. The van der Waals surface area contributed by atoms with Crippen molar-refractivity contribution in [1.82, 2.24) is 15.0 Å². The van der Waals surface area contributed by atoms with E-state index in [4.69, 9.17) is 9.84 Å². The summed E-state index contributed by atoms with van der Waals surface area (Å²) in [6.07, 6.45) is 4.17. The molecule has 0 radical (unpaired) electrons. The van der Waals surface area contributed by atoms with Gasteiger partial charge in [0, 0.05) is 47.7 Å². The number of carboxylic acid groups (broad SMARTS) is 1. The summed E-state index contributed by atoms with van der Waals surface area (Å²) in [6.45, 7) is 1.43. The van der Waals surface area contributed by atoms with Crippen LogP contribution < -0.4 is 4.74 Å². The molecule has 9 nitrogen and oxygen atoms in total. The molecule has 5 rings (SSSR count). The van der Waals surface area contributed by atoms with Gasteiger partial charge in [-0.15, -0.1) is 0 Å². The van der Waals surface area contributed by atoms with Crippen molar-refractivity contribution in [1.29, 1.82) is 0 Å². The number of aryl methyl sites for hydroxylation is 1. The molecule has 2 aromatic heterocycles. The third-order valence-corrected chi connectivity index (χ3v) is 8.33. The first kappa shape index (κ1) is 29.0. The molecule has 0 fully saturated rings. The Hall–Kier alpha value is -4.55. The molecule has 5 aromatic rings. The van der Waals surface area contributed by atoms with Gasteiger partial charge in [-0.3, -0.25) is 4.79 Å². The molecule has 1 atom stereocenters. The van der Waals surface area contributed by atoms with Crippen molar-refractivity contribution in [2.24, 2.45) is 0 Å². The molecule has 12 heteroatoms. The van der Waals surface area contributed by atoms with E-state index in [-0.39, 0.29) is 46.0 Å². The number of hydrogen-bond acceptors (Lipinski definition) is 6. The van der Waals surface area contributed by atoms with Crippen LogP contribution in [-0.4, -0.2) is 52.4 Å². The Morgan fingerprint density at radius 1 is 1.10 bits per heavy atom. The summed E-state index contributed by atoms with van der Waals surface area (Å²) < 4.78 is 61.0. The van der Waals surface area contributed by atoms with Crippen LogP contribution in [0.2, 0.25) is 0 Å². The quantitative estimate of drug-likeness (QED) is 0.170. The number of H-pyrrole nitrogens is 2. The van der Waals surface area contributed by atoms with E-state index in [0.29, 0.717) is 17.7 Å². The number of ether oxygens (including phenoxy) is 1. The highest BCUT2D eigenvalue weighted by Crippen LogP contribution is 2.39. The molecule has 42 heavy (non-hydrogen) atoms. The van der Waals surface area contributed by atoms with Gasteiger partial charge in [0.05, 0.1) is 17.6 Å². The number of rotatable bonds is 10. The van der Waals surface area contributed by atoms with Gasteiger partial charge in [-0.25, -0.2) is 22.2 Å². The number of aromatic nitrogens is 3. The number of aromatic amines is 2. The van der Waals surface area contributed by atoms with E-state index in [1.54, 1.807) is 25.1 Å². The average molecular weight is 596 g/mol. The third kappa shape index (κ3) is 5.50. The standard InChI is InChI=1S/C30H27F2N3O6S/c1-30(16-36,18-5-3-4-17(12-18)6-9-26(37)38)25-15-34-29(35-25)21-13-19(7-8-22(21)31)41-27-23(32)14-24-20(10-11-33-24)28(27)42(2,39)40/h3-5,7-8,10-15,33,36H,6,9,16H2,1-2H3,(H,34,35)(H,37,38). The lowest BCUT2D eigenvalue weighted by Gasteiger charge is -2.27. The summed E-state index contributed by atoms with van der Waals surface area (Å²) in [5.41, 5.74) is 1.20. The molecular weight excluding hydrogens is 568 g/mol. The van der Waals surface area contributed by atoms with E-state index in [2.05, 4.69) is 15.0 Å². The van der Waals surface area contributed by atoms with E-state index < -0.39 is 38.6 Å². The molecule has 218 valence electrons. The second-order valence-corrected chi connectivity index (χ2v) is 12.2. The Morgan fingerprint density at radius 2 is 1.88 bits per heavy atom. The number of benzene rings is 3. The predicted octanol–water partition coefficient (Wildman–Crippen LogP) is 5.35. The van der Waals surface area contributed by atoms with Crippen LogP contribution in [0.15, 0.2) is 71.9 Å². The van der Waals surface area contributed by atoms with E-state index >= 15 is 8.78 Å². The van der Waals surface area contributed by atoms with Crippen molar-refractivity contribution in [3.8, 4) is 22.9 Å². The Kier molecular flexibility index (Phi) is 7.60. The van der Waals surface area contributed by atoms with Crippen LogP contribution in [0.3, 0.4) is 0 Å². The Balaban J connectivity index is 1.51. The van der Waals surface area contributed by atoms with Gasteiger partial charge in [0.15, 0.2) is 21.4 Å². The molecular formula is C30H27F2N3O6S. The number of fused-ring (bicyclic) bond motifs is 1. The number of halogens is 2. The summed E-state index contributed by atoms with van der Waals surface area (Å²) in [5.74, 6) is -2.95. The van der Waals surface area contributed by atoms with Gasteiger partial charge in [0.25, 0.3) is 0 Å². The molecule has 0 aliphatic rings. The number of carboxylic acids is 1. The normalized spacial score (nSPS) is 13.3. The molecule has 0 saturated carbocycles. The van der Waals surface area contributed by atoms with Gasteiger partial charge in [-0.05, 0) is 48.7 Å². The first-order valence-electron chi connectivity index (χ1n) is 12.9. The molecule has 0 amide bonds. The van der Waals surface area contributed by atoms with Gasteiger partial charge in [-0.2, -0.15) is 0 Å². The third-order valence-electron chi connectivity index (χ3n) is 7.18. The highest BCUT2D eigenvalue weighted by Gasteiger charge is 2.31. The lowest BCUT2D eigenvalue weighted by atomic mass is 9.80. The molecule has 4 N–H and O–H groups in total. The smallest absolute Gasteiger partial charge is 0.303 e. The highest BCUT2D eigenvalue weighted by molar-refractivity contribution is 7.91. The fraction of sp³-hybridized carbons (Fsp3) is 0.200. The number of aliphatic hydroxyl groups is 1. The highest BCUT2D eigenvalue weighted by atomic mass is 32.2. The van der Waals surface area contributed by atoms with Crippen LogP contribution in [-0.2, 0) is 26.5 Å². The van der Waals surface area contributed by atoms with E-state index in [0.717, 1.165) is 24.0 Å². The SMILES string of the molecule is CC(CO)(c1cccc(CCC(=O)O)c1)c1cnc(-c2cc(Oc3c(F)cc4[nH]ccc4c3S(C)(=O)=O)ccc2F)[nH]1. The number of aliphatic carboxylic acids is 1. The topological polar surface area (TPSA) is 145 Å². The minimum absolute atomic E-state index is 0.0286. The van der Waals surface area contributed by atoms with E-state index in [1.807, 2.05) is 6.07 Å². The van der Waals surface area contributed by atoms with Crippen LogP contribution >= 0.6 is 0 Å². The fourth-order valence-electron chi connectivity index (χ4n) is 4.84. The molecule has 2 heterocycles. The van der Waals surface area contributed by atoms with Crippen molar-refractivity contribution in [3.63, 3.8) is 0 Å². The van der Waals surface area contributed by atoms with Crippen LogP contribution in [0.25, 0.3) is 22.3 Å². The number of aliphatic hydroxyl groups excluding tert-OH is 1. The van der Waals surface area contributed by atoms with E-state index in [1.165, 1.54) is 30.6 Å². The molecule has 0 saturated heterocycles. The zero-order valence-electron chi connectivity index (χ0n) is 22.6. The van der Waals surface area contributed by atoms with Crippen LogP contribution in [0.4, 0.5) is 8.78 Å². The zero-order valence-corrected chi connectivity index (χ0v) is 23.4. The Bertz CT molecular complexity index is 1920. The molecule has 3 aromatic carbocycles. The maximum absolute atomic E-state index is 15.1. The maximum Gasteiger partial charge on any atom is 0.303 e. The first-order chi connectivity index (χ1) is 19.9. The van der Waals surface area contributed by atoms with Crippen molar-refractivity contribution >= 4 is 26.7 Å². The lowest BCUT2D eigenvalue weighted by molar-refractivity contribution is -0.136. The predicted molar refractivity (Wildman–Crippen MR) is 151 cm³/mol. The van der Waals surface area contributed by atoms with E-state index in [9.17, 15) is 18.3 Å². The average Bonchev–Trinajstić information content (AvgIpc) is 3.62. The van der Waals surface area contributed by atoms with Crippen molar-refractivity contribution < 1.29 is 36.9 Å². The lowest BCUT2D eigenvalue weighted by Crippen LogP contribution is -2.29. The molecule has 0 bridgehead atoms. The fourth-order valence-corrected chi connectivity index (χ4v) is 5.90. The number of nitrogens with zero attached hydrogens (tertiary/aromatic N) is 1. The Morgan fingerprint density at radius 3 is 2.60 bits per heavy atom. The van der Waals surface area contributed by atoms with Gasteiger partial charge < -0.3 is 24.9 Å². The summed E-state index contributed by atoms with van der Waals surface area (Å²) >= 11 is 0. The second kappa shape index (κ2) is 11.0. The number of imidazole rings is 1. The van der Waals surface area contributed by atoms with Gasteiger partial charge in [0.1, 0.15) is 22.3 Å². The van der Waals surface area contributed by atoms with Gasteiger partial charge in [0.2, 0.25) is 0 Å². The summed E-state index contributed by atoms with van der Waals surface area (Å²) in [6, 6.07) is 13.4. The number of sulfone groups is 1. The summed E-state index contributed by atoms with van der Waals surface area (Å²) in [4.78, 5) is 20.8. The summed E-state index contributed by atoms with van der Waals surface area (Å²) in [5, 5.41) is 19.7. The largest absolute Gasteiger partial charge is 0.481 e. The van der Waals surface area contributed by atoms with Crippen LogP contribution in [0.1, 0.15) is 30.2 Å². The number of hydrogen-bond donors (Lipinski definition) is 4.